The largest absolute Gasteiger partial charge is 0.368 e. The molecule has 2 unspecified atom stereocenters. The van der Waals surface area contributed by atoms with Crippen LogP contribution in [0.3, 0.4) is 0 Å². The predicted octanol–water partition coefficient (Wildman–Crippen LogP) is 3.42. The summed E-state index contributed by atoms with van der Waals surface area (Å²) >= 11 is 6.31. The Kier molecular flexibility index (Phi) is 6.22. The molecule has 6 heteroatoms. The Hall–Kier alpha value is -1.59. The highest BCUT2D eigenvalue weighted by Crippen LogP contribution is 2.38. The zero-order valence-electron chi connectivity index (χ0n) is 16.5. The smallest absolute Gasteiger partial charge is 0.233 e. The molecule has 2 saturated heterocycles. The van der Waals surface area contributed by atoms with Gasteiger partial charge in [-0.05, 0) is 44.4 Å². The summed E-state index contributed by atoms with van der Waals surface area (Å²) in [4.78, 5) is 31.4. The molecule has 1 saturated carbocycles. The van der Waals surface area contributed by atoms with E-state index in [1.807, 2.05) is 18.2 Å². The number of rotatable bonds is 6. The van der Waals surface area contributed by atoms with Crippen molar-refractivity contribution >= 4 is 29.1 Å². The number of likely N-dealkylation sites (tertiary alicyclic amines) is 1. The lowest BCUT2D eigenvalue weighted by atomic mass is 9.81. The Morgan fingerprint density at radius 3 is 2.11 bits per heavy atom. The van der Waals surface area contributed by atoms with Crippen molar-refractivity contribution in [2.75, 3.05) is 44.2 Å². The normalized spacial score (nSPS) is 26.0. The van der Waals surface area contributed by atoms with Gasteiger partial charge >= 0.3 is 0 Å². The van der Waals surface area contributed by atoms with E-state index in [1.165, 1.54) is 0 Å². The second kappa shape index (κ2) is 8.83. The summed E-state index contributed by atoms with van der Waals surface area (Å²) in [5, 5.41) is 0.816. The molecule has 0 N–H and O–H groups in total. The van der Waals surface area contributed by atoms with Gasteiger partial charge in [0.05, 0.1) is 22.5 Å². The summed E-state index contributed by atoms with van der Waals surface area (Å²) < 4.78 is 0. The fourth-order valence-corrected chi connectivity index (χ4v) is 5.23. The van der Waals surface area contributed by atoms with Crippen LogP contribution in [-0.4, -0.2) is 60.9 Å². The number of nitrogens with zero attached hydrogens (tertiary/aromatic N) is 3. The summed E-state index contributed by atoms with van der Waals surface area (Å²) in [5.74, 6) is 0.171. The van der Waals surface area contributed by atoms with Gasteiger partial charge in [0, 0.05) is 32.7 Å². The van der Waals surface area contributed by atoms with Crippen molar-refractivity contribution in [1.82, 2.24) is 9.80 Å². The minimum absolute atomic E-state index is 0.0147. The molecular weight excluding hydrogens is 374 g/mol. The van der Waals surface area contributed by atoms with Crippen LogP contribution in [0.15, 0.2) is 24.3 Å². The maximum Gasteiger partial charge on any atom is 0.233 e. The number of anilines is 1. The maximum absolute atomic E-state index is 12.5. The Morgan fingerprint density at radius 1 is 0.857 bits per heavy atom. The Bertz CT molecular complexity index is 693. The lowest BCUT2D eigenvalue weighted by Gasteiger charge is -2.36. The fraction of sp³-hybridized carbons (Fsp3) is 0.636. The standard InChI is InChI=1S/C22H30ClN3O2/c23-19-9-3-4-10-20(19)25-15-13-24(14-16-25)11-5-6-12-26-21(27)17-7-1-2-8-18(17)22(26)28/h3-4,9-10,17-18H,1-2,5-8,11-16H2. The quantitative estimate of drug-likeness (QED) is 0.539. The van der Waals surface area contributed by atoms with Gasteiger partial charge in [-0.3, -0.25) is 19.4 Å². The van der Waals surface area contributed by atoms with E-state index in [0.29, 0.717) is 6.54 Å². The third-order valence-electron chi connectivity index (χ3n) is 6.60. The Labute approximate surface area is 172 Å². The van der Waals surface area contributed by atoms with E-state index in [2.05, 4.69) is 15.9 Å². The van der Waals surface area contributed by atoms with Crippen LogP contribution in [0.1, 0.15) is 38.5 Å². The van der Waals surface area contributed by atoms with Gasteiger partial charge in [-0.15, -0.1) is 0 Å². The SMILES string of the molecule is O=C1C2CCCCC2C(=O)N1CCCCN1CCN(c2ccccc2Cl)CC1. The lowest BCUT2D eigenvalue weighted by Crippen LogP contribution is -2.46. The number of piperazine rings is 1. The second-order valence-electron chi connectivity index (χ2n) is 8.31. The van der Waals surface area contributed by atoms with Crippen LogP contribution in [0.4, 0.5) is 5.69 Å². The van der Waals surface area contributed by atoms with Crippen molar-refractivity contribution < 1.29 is 9.59 Å². The Balaban J connectivity index is 1.18. The van der Waals surface area contributed by atoms with Crippen LogP contribution >= 0.6 is 11.6 Å². The van der Waals surface area contributed by atoms with Crippen molar-refractivity contribution in [3.05, 3.63) is 29.3 Å². The lowest BCUT2D eigenvalue weighted by molar-refractivity contribution is -0.140. The van der Waals surface area contributed by atoms with Crippen molar-refractivity contribution in [2.24, 2.45) is 11.8 Å². The number of carbonyl (C=O) groups is 2. The molecule has 3 aliphatic rings. The summed E-state index contributed by atoms with van der Waals surface area (Å²) in [5.41, 5.74) is 1.12. The first kappa shape index (κ1) is 19.7. The molecule has 152 valence electrons. The molecule has 28 heavy (non-hydrogen) atoms. The molecule has 0 aromatic heterocycles. The molecule has 1 aromatic carbocycles. The monoisotopic (exact) mass is 403 g/mol. The summed E-state index contributed by atoms with van der Waals surface area (Å²) in [6.07, 6.45) is 5.92. The number of hydrogen-bond acceptors (Lipinski definition) is 4. The number of unbranched alkanes of at least 4 members (excludes halogenated alkanes) is 1. The molecule has 4 rings (SSSR count). The summed E-state index contributed by atoms with van der Waals surface area (Å²) in [7, 11) is 0. The van der Waals surface area contributed by atoms with E-state index in [4.69, 9.17) is 11.6 Å². The molecule has 0 bridgehead atoms. The van der Waals surface area contributed by atoms with E-state index >= 15 is 0 Å². The number of para-hydroxylation sites is 1. The molecule has 2 aliphatic heterocycles. The first-order chi connectivity index (χ1) is 13.6. The predicted molar refractivity (Wildman–Crippen MR) is 112 cm³/mol. The number of amides is 2. The number of fused-ring (bicyclic) bond motifs is 1. The fourth-order valence-electron chi connectivity index (χ4n) is 4.98. The molecule has 3 fully saturated rings. The number of carbonyl (C=O) groups excluding carboxylic acids is 2. The highest BCUT2D eigenvalue weighted by atomic mass is 35.5. The van der Waals surface area contributed by atoms with E-state index < -0.39 is 0 Å². The molecule has 2 atom stereocenters. The molecule has 2 amide bonds. The first-order valence-corrected chi connectivity index (χ1v) is 11.1. The van der Waals surface area contributed by atoms with Crippen molar-refractivity contribution in [1.29, 1.82) is 0 Å². The van der Waals surface area contributed by atoms with Crippen LogP contribution < -0.4 is 4.90 Å². The van der Waals surface area contributed by atoms with E-state index in [9.17, 15) is 9.59 Å². The second-order valence-corrected chi connectivity index (χ2v) is 8.72. The van der Waals surface area contributed by atoms with Gasteiger partial charge in [0.15, 0.2) is 0 Å². The molecule has 2 heterocycles. The van der Waals surface area contributed by atoms with Crippen molar-refractivity contribution in [2.45, 2.75) is 38.5 Å². The minimum atomic E-state index is -0.0147. The van der Waals surface area contributed by atoms with Crippen LogP contribution in [0, 0.1) is 11.8 Å². The molecule has 0 radical (unpaired) electrons. The van der Waals surface area contributed by atoms with Crippen LogP contribution in [0.5, 0.6) is 0 Å². The number of imide groups is 1. The third kappa shape index (κ3) is 4.06. The average Bonchev–Trinajstić information content (AvgIpc) is 2.97. The highest BCUT2D eigenvalue weighted by molar-refractivity contribution is 6.33. The summed E-state index contributed by atoms with van der Waals surface area (Å²) in [6, 6.07) is 8.03. The molecular formula is C22H30ClN3O2. The zero-order chi connectivity index (χ0) is 19.5. The van der Waals surface area contributed by atoms with Crippen molar-refractivity contribution in [3.8, 4) is 0 Å². The van der Waals surface area contributed by atoms with Gasteiger partial charge in [-0.1, -0.05) is 36.6 Å². The average molecular weight is 404 g/mol. The van der Waals surface area contributed by atoms with Gasteiger partial charge in [-0.2, -0.15) is 0 Å². The Morgan fingerprint density at radius 2 is 1.46 bits per heavy atom. The van der Waals surface area contributed by atoms with Crippen LogP contribution in [0.2, 0.25) is 5.02 Å². The highest BCUT2D eigenvalue weighted by Gasteiger charge is 2.47. The molecule has 5 nitrogen and oxygen atoms in total. The number of halogens is 1. The van der Waals surface area contributed by atoms with Crippen molar-refractivity contribution in [3.63, 3.8) is 0 Å². The van der Waals surface area contributed by atoms with Crippen LogP contribution in [-0.2, 0) is 9.59 Å². The van der Waals surface area contributed by atoms with Gasteiger partial charge in [-0.25, -0.2) is 0 Å². The van der Waals surface area contributed by atoms with E-state index in [-0.39, 0.29) is 23.7 Å². The van der Waals surface area contributed by atoms with Crippen LogP contribution in [0.25, 0.3) is 0 Å². The van der Waals surface area contributed by atoms with Gasteiger partial charge in [0.1, 0.15) is 0 Å². The summed E-state index contributed by atoms with van der Waals surface area (Å²) in [6.45, 7) is 5.64. The maximum atomic E-state index is 12.5. The van der Waals surface area contributed by atoms with Gasteiger partial charge < -0.3 is 4.90 Å². The minimum Gasteiger partial charge on any atom is -0.368 e. The van der Waals surface area contributed by atoms with Gasteiger partial charge in [0.25, 0.3) is 0 Å². The third-order valence-corrected chi connectivity index (χ3v) is 6.92. The first-order valence-electron chi connectivity index (χ1n) is 10.7. The van der Waals surface area contributed by atoms with E-state index in [0.717, 1.165) is 82.0 Å². The zero-order valence-corrected chi connectivity index (χ0v) is 17.2. The van der Waals surface area contributed by atoms with Gasteiger partial charge in [0.2, 0.25) is 11.8 Å². The number of hydrogen-bond donors (Lipinski definition) is 0. The topological polar surface area (TPSA) is 43.9 Å². The number of benzene rings is 1. The molecule has 1 aromatic rings. The molecule has 1 aliphatic carbocycles. The molecule has 0 spiro atoms. The van der Waals surface area contributed by atoms with E-state index in [1.54, 1.807) is 4.90 Å².